The van der Waals surface area contributed by atoms with Crippen molar-refractivity contribution in [3.63, 3.8) is 0 Å². The molecule has 5 heteroatoms. The Morgan fingerprint density at radius 1 is 1.40 bits per heavy atom. The molecule has 3 nitrogen and oxygen atoms in total. The minimum atomic E-state index is -0.0718. The number of nitrogens with one attached hydrogen (secondary N) is 2. The first-order valence-corrected chi connectivity index (χ1v) is 7.70. The van der Waals surface area contributed by atoms with Gasteiger partial charge in [0.15, 0.2) is 0 Å². The fourth-order valence-corrected chi connectivity index (χ4v) is 2.73. The van der Waals surface area contributed by atoms with E-state index in [9.17, 15) is 4.79 Å². The number of hydrogen-bond acceptors (Lipinski definition) is 3. The van der Waals surface area contributed by atoms with Crippen molar-refractivity contribution in [1.82, 2.24) is 5.32 Å². The lowest BCUT2D eigenvalue weighted by Gasteiger charge is -2.13. The smallest absolute Gasteiger partial charge is 0.238 e. The predicted molar refractivity (Wildman–Crippen MR) is 85.6 cm³/mol. The van der Waals surface area contributed by atoms with E-state index in [0.29, 0.717) is 5.02 Å². The number of carbonyl (C=O) groups is 1. The van der Waals surface area contributed by atoms with Gasteiger partial charge in [-0.25, -0.2) is 0 Å². The molecule has 1 unspecified atom stereocenters. The molecule has 0 radical (unpaired) electrons. The molecular formula is C15H17ClN2OS. The number of benzene rings is 1. The lowest BCUT2D eigenvalue weighted by Crippen LogP contribution is -2.30. The van der Waals surface area contributed by atoms with Crippen molar-refractivity contribution in [3.8, 4) is 0 Å². The SMILES string of the molecule is Cc1ccc(Cl)cc1NC(=O)CNC(C)c1ccsc1. The molecule has 1 aromatic carbocycles. The van der Waals surface area contributed by atoms with Gasteiger partial charge in [0.05, 0.1) is 6.54 Å². The summed E-state index contributed by atoms with van der Waals surface area (Å²) in [5, 5.41) is 10.8. The van der Waals surface area contributed by atoms with Crippen LogP contribution in [0.4, 0.5) is 5.69 Å². The highest BCUT2D eigenvalue weighted by atomic mass is 35.5. The molecule has 1 aromatic heterocycles. The molecular weight excluding hydrogens is 292 g/mol. The Morgan fingerprint density at radius 2 is 2.20 bits per heavy atom. The predicted octanol–water partition coefficient (Wildman–Crippen LogP) is 4.00. The molecule has 0 aliphatic rings. The van der Waals surface area contributed by atoms with Crippen LogP contribution in [-0.4, -0.2) is 12.5 Å². The van der Waals surface area contributed by atoms with Crippen LogP contribution in [0.3, 0.4) is 0 Å². The first-order chi connectivity index (χ1) is 9.56. The summed E-state index contributed by atoms with van der Waals surface area (Å²) in [6.45, 7) is 4.25. The highest BCUT2D eigenvalue weighted by molar-refractivity contribution is 7.07. The Bertz CT molecular complexity index is 584. The zero-order chi connectivity index (χ0) is 14.5. The van der Waals surface area contributed by atoms with Crippen molar-refractivity contribution in [2.75, 3.05) is 11.9 Å². The van der Waals surface area contributed by atoms with Gasteiger partial charge in [-0.1, -0.05) is 17.7 Å². The first-order valence-electron chi connectivity index (χ1n) is 6.38. The van der Waals surface area contributed by atoms with Gasteiger partial charge in [-0.15, -0.1) is 0 Å². The van der Waals surface area contributed by atoms with E-state index in [2.05, 4.69) is 22.1 Å². The van der Waals surface area contributed by atoms with E-state index < -0.39 is 0 Å². The summed E-state index contributed by atoms with van der Waals surface area (Å²) >= 11 is 7.58. The quantitative estimate of drug-likeness (QED) is 0.876. The molecule has 2 aromatic rings. The molecule has 0 bridgehead atoms. The van der Waals surface area contributed by atoms with Gasteiger partial charge in [0.1, 0.15) is 0 Å². The van der Waals surface area contributed by atoms with Crippen LogP contribution in [-0.2, 0) is 4.79 Å². The van der Waals surface area contributed by atoms with Crippen LogP contribution in [0.15, 0.2) is 35.0 Å². The molecule has 0 aliphatic carbocycles. The number of rotatable bonds is 5. The number of carbonyl (C=O) groups excluding carboxylic acids is 1. The fraction of sp³-hybridized carbons (Fsp3) is 0.267. The van der Waals surface area contributed by atoms with E-state index in [1.54, 1.807) is 17.4 Å². The van der Waals surface area contributed by atoms with E-state index in [-0.39, 0.29) is 18.5 Å². The summed E-state index contributed by atoms with van der Waals surface area (Å²) in [5.74, 6) is -0.0718. The van der Waals surface area contributed by atoms with Crippen LogP contribution in [0.2, 0.25) is 5.02 Å². The maximum atomic E-state index is 11.9. The molecule has 20 heavy (non-hydrogen) atoms. The van der Waals surface area contributed by atoms with Crippen LogP contribution in [0.1, 0.15) is 24.1 Å². The van der Waals surface area contributed by atoms with Gasteiger partial charge in [0.25, 0.3) is 0 Å². The van der Waals surface area contributed by atoms with E-state index in [1.807, 2.05) is 31.4 Å². The van der Waals surface area contributed by atoms with Crippen molar-refractivity contribution in [2.24, 2.45) is 0 Å². The Labute approximate surface area is 128 Å². The van der Waals surface area contributed by atoms with Gasteiger partial charge < -0.3 is 10.6 Å². The molecule has 0 aliphatic heterocycles. The second-order valence-electron chi connectivity index (χ2n) is 4.67. The first kappa shape index (κ1) is 15.0. The van der Waals surface area contributed by atoms with Crippen molar-refractivity contribution in [1.29, 1.82) is 0 Å². The van der Waals surface area contributed by atoms with Gasteiger partial charge in [-0.2, -0.15) is 11.3 Å². The van der Waals surface area contributed by atoms with Gasteiger partial charge >= 0.3 is 0 Å². The molecule has 2 rings (SSSR count). The van der Waals surface area contributed by atoms with Crippen molar-refractivity contribution in [2.45, 2.75) is 19.9 Å². The van der Waals surface area contributed by atoms with E-state index in [0.717, 1.165) is 11.3 Å². The monoisotopic (exact) mass is 308 g/mol. The van der Waals surface area contributed by atoms with E-state index >= 15 is 0 Å². The second kappa shape index (κ2) is 6.88. The Hall–Kier alpha value is -1.36. The molecule has 0 saturated carbocycles. The van der Waals surface area contributed by atoms with E-state index in [4.69, 9.17) is 11.6 Å². The molecule has 1 heterocycles. The summed E-state index contributed by atoms with van der Waals surface area (Å²) in [6, 6.07) is 7.67. The third-order valence-electron chi connectivity index (χ3n) is 3.09. The maximum Gasteiger partial charge on any atom is 0.238 e. The Morgan fingerprint density at radius 3 is 2.90 bits per heavy atom. The highest BCUT2D eigenvalue weighted by Gasteiger charge is 2.09. The molecule has 2 N–H and O–H groups in total. The Kier molecular flexibility index (Phi) is 5.17. The maximum absolute atomic E-state index is 11.9. The van der Waals surface area contributed by atoms with Gasteiger partial charge in [-0.3, -0.25) is 4.79 Å². The Balaban J connectivity index is 1.88. The number of halogens is 1. The summed E-state index contributed by atoms with van der Waals surface area (Å²) in [4.78, 5) is 11.9. The average molecular weight is 309 g/mol. The third-order valence-corrected chi connectivity index (χ3v) is 4.02. The zero-order valence-corrected chi connectivity index (χ0v) is 13.0. The normalized spacial score (nSPS) is 12.2. The number of thiophene rings is 1. The van der Waals surface area contributed by atoms with Crippen molar-refractivity contribution in [3.05, 3.63) is 51.2 Å². The molecule has 0 saturated heterocycles. The lowest BCUT2D eigenvalue weighted by molar-refractivity contribution is -0.115. The second-order valence-corrected chi connectivity index (χ2v) is 5.88. The number of anilines is 1. The standard InChI is InChI=1S/C15H17ClN2OS/c1-10-3-4-13(16)7-14(10)18-15(19)8-17-11(2)12-5-6-20-9-12/h3-7,9,11,17H,8H2,1-2H3,(H,18,19). The molecule has 1 amide bonds. The van der Waals surface area contributed by atoms with Crippen LogP contribution in [0.5, 0.6) is 0 Å². The zero-order valence-electron chi connectivity index (χ0n) is 11.4. The van der Waals surface area contributed by atoms with Crippen molar-refractivity contribution >= 4 is 34.5 Å². The lowest BCUT2D eigenvalue weighted by atomic mass is 10.2. The number of aryl methyl sites for hydroxylation is 1. The van der Waals surface area contributed by atoms with Gasteiger partial charge in [0.2, 0.25) is 5.91 Å². The van der Waals surface area contributed by atoms with Crippen LogP contribution in [0.25, 0.3) is 0 Å². The van der Waals surface area contributed by atoms with Crippen molar-refractivity contribution < 1.29 is 4.79 Å². The van der Waals surface area contributed by atoms with Crippen LogP contribution >= 0.6 is 22.9 Å². The largest absolute Gasteiger partial charge is 0.325 e. The minimum absolute atomic E-state index is 0.0718. The molecule has 106 valence electrons. The average Bonchev–Trinajstić information content (AvgIpc) is 2.94. The van der Waals surface area contributed by atoms with E-state index in [1.165, 1.54) is 5.56 Å². The fourth-order valence-electron chi connectivity index (χ4n) is 1.81. The topological polar surface area (TPSA) is 41.1 Å². The molecule has 0 spiro atoms. The van der Waals surface area contributed by atoms with Gasteiger partial charge in [0, 0.05) is 16.8 Å². The summed E-state index contributed by atoms with van der Waals surface area (Å²) < 4.78 is 0. The number of amides is 1. The highest BCUT2D eigenvalue weighted by Crippen LogP contribution is 2.20. The van der Waals surface area contributed by atoms with Gasteiger partial charge in [-0.05, 0) is 53.9 Å². The van der Waals surface area contributed by atoms with Crippen LogP contribution < -0.4 is 10.6 Å². The summed E-state index contributed by atoms with van der Waals surface area (Å²) in [5.41, 5.74) is 2.95. The molecule has 1 atom stereocenters. The summed E-state index contributed by atoms with van der Waals surface area (Å²) in [6.07, 6.45) is 0. The third kappa shape index (κ3) is 4.07. The molecule has 0 fully saturated rings. The minimum Gasteiger partial charge on any atom is -0.325 e. The number of hydrogen-bond donors (Lipinski definition) is 2. The van der Waals surface area contributed by atoms with Crippen LogP contribution in [0, 0.1) is 6.92 Å². The summed E-state index contributed by atoms with van der Waals surface area (Å²) in [7, 11) is 0.